The zero-order chi connectivity index (χ0) is 13.4. The quantitative estimate of drug-likeness (QED) is 0.572. The normalized spacial score (nSPS) is 10.7. The van der Waals surface area contributed by atoms with E-state index in [0.29, 0.717) is 23.7 Å². The van der Waals surface area contributed by atoms with Crippen molar-refractivity contribution in [1.82, 2.24) is 15.0 Å². The van der Waals surface area contributed by atoms with Gasteiger partial charge in [0.25, 0.3) is 0 Å². The molecule has 0 aliphatic rings. The predicted molar refractivity (Wildman–Crippen MR) is 72.4 cm³/mol. The first kappa shape index (κ1) is 15.0. The van der Waals surface area contributed by atoms with Crippen LogP contribution >= 0.6 is 11.8 Å². The van der Waals surface area contributed by atoms with E-state index < -0.39 is 0 Å². The Balaban J connectivity index is 2.77. The summed E-state index contributed by atoms with van der Waals surface area (Å²) in [6.45, 7) is 7.29. The Kier molecular flexibility index (Phi) is 6.74. The van der Waals surface area contributed by atoms with Gasteiger partial charge in [-0.3, -0.25) is 0 Å². The Morgan fingerprint density at radius 1 is 1.28 bits per heavy atom. The van der Waals surface area contributed by atoms with E-state index in [4.69, 9.17) is 9.47 Å². The summed E-state index contributed by atoms with van der Waals surface area (Å²) in [6, 6.07) is 0.357. The summed E-state index contributed by atoms with van der Waals surface area (Å²) in [7, 11) is 1.67. The lowest BCUT2D eigenvalue weighted by atomic mass is 10.5. The molecular weight excluding hydrogens is 252 g/mol. The minimum atomic E-state index is 0.0405. The lowest BCUT2D eigenvalue weighted by molar-refractivity contribution is 0.217. The second-order valence-corrected chi connectivity index (χ2v) is 4.82. The van der Waals surface area contributed by atoms with Gasteiger partial charge in [0.15, 0.2) is 5.16 Å². The van der Waals surface area contributed by atoms with Crippen LogP contribution in [0.3, 0.4) is 0 Å². The van der Waals surface area contributed by atoms with Crippen LogP contribution in [0.5, 0.6) is 6.01 Å². The molecule has 0 aliphatic heterocycles. The third-order valence-electron chi connectivity index (χ3n) is 1.79. The molecule has 102 valence electrons. The summed E-state index contributed by atoms with van der Waals surface area (Å²) >= 11 is 1.52. The molecule has 0 unspecified atom stereocenters. The summed E-state index contributed by atoms with van der Waals surface area (Å²) < 4.78 is 10.5. The molecule has 1 aromatic rings. The number of nitrogens with one attached hydrogen (secondary N) is 1. The molecule has 0 fully saturated rings. The first-order valence-electron chi connectivity index (χ1n) is 5.94. The summed E-state index contributed by atoms with van der Waals surface area (Å²) in [6.07, 6.45) is 0.0405. The fourth-order valence-corrected chi connectivity index (χ4v) is 1.85. The maximum absolute atomic E-state index is 5.50. The van der Waals surface area contributed by atoms with Crippen molar-refractivity contribution in [1.29, 1.82) is 0 Å². The van der Waals surface area contributed by atoms with Crippen LogP contribution in [0.25, 0.3) is 0 Å². The largest absolute Gasteiger partial charge is 0.461 e. The first-order valence-corrected chi connectivity index (χ1v) is 6.92. The third-order valence-corrected chi connectivity index (χ3v) is 2.60. The van der Waals surface area contributed by atoms with E-state index in [1.165, 1.54) is 11.8 Å². The Morgan fingerprint density at radius 2 is 2.06 bits per heavy atom. The van der Waals surface area contributed by atoms with E-state index in [-0.39, 0.29) is 6.10 Å². The molecule has 1 heterocycles. The van der Waals surface area contributed by atoms with Gasteiger partial charge in [-0.05, 0) is 20.8 Å². The van der Waals surface area contributed by atoms with Crippen LogP contribution in [-0.4, -0.2) is 47.1 Å². The molecule has 1 rings (SSSR count). The Labute approximate surface area is 112 Å². The van der Waals surface area contributed by atoms with Gasteiger partial charge in [-0.25, -0.2) is 0 Å². The van der Waals surface area contributed by atoms with Gasteiger partial charge in [-0.2, -0.15) is 15.0 Å². The highest BCUT2D eigenvalue weighted by Crippen LogP contribution is 2.18. The lowest BCUT2D eigenvalue weighted by Crippen LogP contribution is -2.12. The van der Waals surface area contributed by atoms with Crippen LogP contribution in [-0.2, 0) is 4.74 Å². The van der Waals surface area contributed by atoms with Gasteiger partial charge in [-0.15, -0.1) is 0 Å². The highest BCUT2D eigenvalue weighted by molar-refractivity contribution is 7.99. The van der Waals surface area contributed by atoms with E-state index in [0.717, 1.165) is 12.3 Å². The molecule has 0 saturated heterocycles. The van der Waals surface area contributed by atoms with Gasteiger partial charge >= 0.3 is 6.01 Å². The van der Waals surface area contributed by atoms with E-state index >= 15 is 0 Å². The van der Waals surface area contributed by atoms with Crippen LogP contribution in [0.15, 0.2) is 5.16 Å². The number of ether oxygens (including phenoxy) is 2. The molecule has 18 heavy (non-hydrogen) atoms. The number of anilines is 1. The highest BCUT2D eigenvalue weighted by Gasteiger charge is 2.08. The number of hydrogen-bond donors (Lipinski definition) is 1. The average molecular weight is 272 g/mol. The van der Waals surface area contributed by atoms with Gasteiger partial charge in [0.2, 0.25) is 5.95 Å². The number of nitrogens with zero attached hydrogens (tertiary/aromatic N) is 3. The third kappa shape index (κ3) is 5.50. The van der Waals surface area contributed by atoms with Crippen molar-refractivity contribution in [3.63, 3.8) is 0 Å². The van der Waals surface area contributed by atoms with Crippen molar-refractivity contribution in [3.8, 4) is 6.01 Å². The van der Waals surface area contributed by atoms with Gasteiger partial charge in [0.05, 0.1) is 12.7 Å². The SMILES string of the molecule is CCNc1nc(OC(C)C)nc(SCCOC)n1. The molecule has 0 spiro atoms. The van der Waals surface area contributed by atoms with Crippen LogP contribution in [0.1, 0.15) is 20.8 Å². The standard InChI is InChI=1S/C11H20N4O2S/c1-5-12-9-13-10(17-8(2)3)15-11(14-9)18-7-6-16-4/h8H,5-7H2,1-4H3,(H,12,13,14,15). The molecule has 0 radical (unpaired) electrons. The van der Waals surface area contributed by atoms with Crippen LogP contribution in [0.4, 0.5) is 5.95 Å². The molecule has 0 amide bonds. The van der Waals surface area contributed by atoms with E-state index in [1.807, 2.05) is 20.8 Å². The zero-order valence-electron chi connectivity index (χ0n) is 11.3. The van der Waals surface area contributed by atoms with Gasteiger partial charge in [-0.1, -0.05) is 11.8 Å². The number of hydrogen-bond acceptors (Lipinski definition) is 7. The van der Waals surface area contributed by atoms with Crippen LogP contribution < -0.4 is 10.1 Å². The lowest BCUT2D eigenvalue weighted by Gasteiger charge is -2.10. The van der Waals surface area contributed by atoms with Gasteiger partial charge < -0.3 is 14.8 Å². The molecule has 7 heteroatoms. The molecule has 0 atom stereocenters. The summed E-state index contributed by atoms with van der Waals surface area (Å²) in [4.78, 5) is 12.7. The van der Waals surface area contributed by atoms with Crippen molar-refractivity contribution >= 4 is 17.7 Å². The van der Waals surface area contributed by atoms with Crippen molar-refractivity contribution < 1.29 is 9.47 Å². The number of rotatable bonds is 8. The molecule has 1 N–H and O–H groups in total. The van der Waals surface area contributed by atoms with Crippen LogP contribution in [0.2, 0.25) is 0 Å². The van der Waals surface area contributed by atoms with Crippen molar-refractivity contribution in [3.05, 3.63) is 0 Å². The number of methoxy groups -OCH3 is 1. The number of thioether (sulfide) groups is 1. The smallest absolute Gasteiger partial charge is 0.322 e. The second kappa shape index (κ2) is 8.10. The summed E-state index contributed by atoms with van der Waals surface area (Å²) in [5.41, 5.74) is 0. The molecule has 0 bridgehead atoms. The van der Waals surface area contributed by atoms with Crippen molar-refractivity contribution in [2.45, 2.75) is 32.0 Å². The first-order chi connectivity index (χ1) is 8.65. The summed E-state index contributed by atoms with van der Waals surface area (Å²) in [5.74, 6) is 1.34. The molecule has 0 aromatic carbocycles. The van der Waals surface area contributed by atoms with Crippen molar-refractivity contribution in [2.24, 2.45) is 0 Å². The Hall–Kier alpha value is -1.08. The Bertz CT molecular complexity index is 363. The highest BCUT2D eigenvalue weighted by atomic mass is 32.2. The maximum Gasteiger partial charge on any atom is 0.322 e. The van der Waals surface area contributed by atoms with Gasteiger partial charge in [0, 0.05) is 19.4 Å². The zero-order valence-corrected chi connectivity index (χ0v) is 12.1. The van der Waals surface area contributed by atoms with Crippen LogP contribution in [0, 0.1) is 0 Å². The minimum Gasteiger partial charge on any atom is -0.461 e. The van der Waals surface area contributed by atoms with Gasteiger partial charge in [0.1, 0.15) is 0 Å². The molecule has 6 nitrogen and oxygen atoms in total. The monoisotopic (exact) mass is 272 g/mol. The Morgan fingerprint density at radius 3 is 2.67 bits per heavy atom. The molecule has 0 aliphatic carbocycles. The van der Waals surface area contributed by atoms with E-state index in [9.17, 15) is 0 Å². The average Bonchev–Trinajstić information content (AvgIpc) is 2.28. The molecular formula is C11H20N4O2S. The topological polar surface area (TPSA) is 69.2 Å². The maximum atomic E-state index is 5.50. The number of aromatic nitrogens is 3. The van der Waals surface area contributed by atoms with E-state index in [1.54, 1.807) is 7.11 Å². The fourth-order valence-electron chi connectivity index (χ4n) is 1.12. The molecule has 0 saturated carbocycles. The minimum absolute atomic E-state index is 0.0405. The molecule has 1 aromatic heterocycles. The predicted octanol–water partition coefficient (Wildman–Crippen LogP) is 1.83. The fraction of sp³-hybridized carbons (Fsp3) is 0.727. The van der Waals surface area contributed by atoms with Crippen molar-refractivity contribution in [2.75, 3.05) is 31.3 Å². The van der Waals surface area contributed by atoms with E-state index in [2.05, 4.69) is 20.3 Å². The second-order valence-electron chi connectivity index (χ2n) is 3.76. The summed E-state index contributed by atoms with van der Waals surface area (Å²) in [5, 5.41) is 3.71.